The van der Waals surface area contributed by atoms with Crippen LogP contribution >= 0.6 is 11.6 Å². The zero-order valence-corrected chi connectivity index (χ0v) is 12.4. The van der Waals surface area contributed by atoms with Gasteiger partial charge in [-0.1, -0.05) is 11.6 Å². The highest BCUT2D eigenvalue weighted by molar-refractivity contribution is 6.33. The standard InChI is InChI=1S/C14H16ClNO5/c1-20-12-8(11-3-7(5-16-11)14(18)19)4-10(15)9(6-17)13(12)21-2/h4,6-7,11,16H,3,5H2,1-2H3,(H,18,19). The number of carboxylic acid groups (broad SMARTS) is 1. The SMILES string of the molecule is COc1c(C2CC(C(=O)O)CN2)cc(Cl)c(C=O)c1OC. The number of aliphatic carboxylic acids is 1. The molecule has 6 nitrogen and oxygen atoms in total. The zero-order chi connectivity index (χ0) is 15.6. The Morgan fingerprint density at radius 1 is 1.43 bits per heavy atom. The van der Waals surface area contributed by atoms with E-state index in [-0.39, 0.29) is 22.4 Å². The number of halogens is 1. The van der Waals surface area contributed by atoms with Gasteiger partial charge in [0, 0.05) is 18.2 Å². The lowest BCUT2D eigenvalue weighted by atomic mass is 9.97. The Labute approximate surface area is 127 Å². The van der Waals surface area contributed by atoms with Crippen LogP contribution in [-0.2, 0) is 4.79 Å². The first-order valence-electron chi connectivity index (χ1n) is 6.39. The highest BCUT2D eigenvalue weighted by Crippen LogP contribution is 2.43. The van der Waals surface area contributed by atoms with E-state index in [2.05, 4.69) is 5.32 Å². The zero-order valence-electron chi connectivity index (χ0n) is 11.7. The second-order valence-electron chi connectivity index (χ2n) is 4.78. The largest absolute Gasteiger partial charge is 0.492 e. The first-order valence-corrected chi connectivity index (χ1v) is 6.77. The fraction of sp³-hybridized carbons (Fsp3) is 0.429. The molecule has 0 bridgehead atoms. The minimum atomic E-state index is -0.841. The Bertz CT molecular complexity index is 575. The molecule has 1 aliphatic rings. The van der Waals surface area contributed by atoms with Crippen molar-refractivity contribution in [2.24, 2.45) is 5.92 Å². The quantitative estimate of drug-likeness (QED) is 0.808. The molecular weight excluding hydrogens is 298 g/mol. The van der Waals surface area contributed by atoms with Crippen LogP contribution in [0.2, 0.25) is 5.02 Å². The van der Waals surface area contributed by atoms with E-state index in [4.69, 9.17) is 26.2 Å². The van der Waals surface area contributed by atoms with E-state index in [1.807, 2.05) is 0 Å². The van der Waals surface area contributed by atoms with Crippen molar-refractivity contribution in [3.8, 4) is 11.5 Å². The maximum Gasteiger partial charge on any atom is 0.307 e. The van der Waals surface area contributed by atoms with Crippen LogP contribution in [0.15, 0.2) is 6.07 Å². The van der Waals surface area contributed by atoms with Crippen LogP contribution in [0.1, 0.15) is 28.4 Å². The minimum absolute atomic E-state index is 0.215. The minimum Gasteiger partial charge on any atom is -0.492 e. The normalized spacial score (nSPS) is 21.1. The molecule has 1 fully saturated rings. The van der Waals surface area contributed by atoms with Crippen LogP contribution in [0.4, 0.5) is 0 Å². The van der Waals surface area contributed by atoms with E-state index in [0.29, 0.717) is 30.6 Å². The van der Waals surface area contributed by atoms with Gasteiger partial charge in [-0.15, -0.1) is 0 Å². The van der Waals surface area contributed by atoms with Gasteiger partial charge in [-0.25, -0.2) is 0 Å². The molecule has 1 saturated heterocycles. The molecule has 21 heavy (non-hydrogen) atoms. The maximum absolute atomic E-state index is 11.1. The number of carboxylic acids is 1. The molecule has 2 unspecified atom stereocenters. The number of ether oxygens (including phenoxy) is 2. The van der Waals surface area contributed by atoms with Crippen LogP contribution < -0.4 is 14.8 Å². The van der Waals surface area contributed by atoms with Crippen LogP contribution in [0.5, 0.6) is 11.5 Å². The first-order chi connectivity index (χ1) is 10.0. The molecule has 0 aromatic heterocycles. The van der Waals surface area contributed by atoms with Crippen molar-refractivity contribution in [1.29, 1.82) is 0 Å². The number of nitrogens with one attached hydrogen (secondary N) is 1. The summed E-state index contributed by atoms with van der Waals surface area (Å²) in [5.74, 6) is -0.648. The molecule has 2 rings (SSSR count). The molecule has 0 radical (unpaired) electrons. The highest BCUT2D eigenvalue weighted by Gasteiger charge is 2.33. The molecule has 0 saturated carbocycles. The van der Waals surface area contributed by atoms with E-state index in [9.17, 15) is 9.59 Å². The summed E-state index contributed by atoms with van der Waals surface area (Å²) < 4.78 is 10.6. The number of rotatable bonds is 5. The van der Waals surface area contributed by atoms with E-state index in [1.165, 1.54) is 14.2 Å². The lowest BCUT2D eigenvalue weighted by Gasteiger charge is -2.19. The molecule has 0 amide bonds. The second-order valence-corrected chi connectivity index (χ2v) is 5.18. The Balaban J connectivity index is 2.47. The van der Waals surface area contributed by atoms with Gasteiger partial charge in [-0.2, -0.15) is 0 Å². The van der Waals surface area contributed by atoms with Gasteiger partial charge in [0.05, 0.1) is 30.7 Å². The van der Waals surface area contributed by atoms with Crippen molar-refractivity contribution in [2.75, 3.05) is 20.8 Å². The van der Waals surface area contributed by atoms with Crippen LogP contribution in [0, 0.1) is 5.92 Å². The predicted octanol–water partition coefficient (Wildman–Crippen LogP) is 1.90. The Kier molecular flexibility index (Phi) is 4.69. The summed E-state index contributed by atoms with van der Waals surface area (Å²) in [6.45, 7) is 0.374. The lowest BCUT2D eigenvalue weighted by molar-refractivity contribution is -0.141. The van der Waals surface area contributed by atoms with Crippen LogP contribution in [0.25, 0.3) is 0 Å². The summed E-state index contributed by atoms with van der Waals surface area (Å²) in [5, 5.41) is 12.5. The topological polar surface area (TPSA) is 84.9 Å². The number of carbonyl (C=O) groups excluding carboxylic acids is 1. The number of methoxy groups -OCH3 is 2. The van der Waals surface area contributed by atoms with Gasteiger partial charge >= 0.3 is 5.97 Å². The molecule has 1 aromatic carbocycles. The average molecular weight is 314 g/mol. The van der Waals surface area contributed by atoms with Gasteiger partial charge in [0.25, 0.3) is 0 Å². The molecule has 1 aromatic rings. The third-order valence-electron chi connectivity index (χ3n) is 3.63. The summed E-state index contributed by atoms with van der Waals surface area (Å²) in [4.78, 5) is 22.2. The van der Waals surface area contributed by atoms with Crippen LogP contribution in [0.3, 0.4) is 0 Å². The summed E-state index contributed by atoms with van der Waals surface area (Å²) >= 11 is 6.11. The number of carbonyl (C=O) groups is 2. The Morgan fingerprint density at radius 3 is 2.57 bits per heavy atom. The highest BCUT2D eigenvalue weighted by atomic mass is 35.5. The van der Waals surface area contributed by atoms with E-state index in [1.54, 1.807) is 6.07 Å². The van der Waals surface area contributed by atoms with Crippen molar-refractivity contribution in [3.05, 3.63) is 22.2 Å². The van der Waals surface area contributed by atoms with Crippen molar-refractivity contribution < 1.29 is 24.2 Å². The molecule has 0 aliphatic carbocycles. The second kappa shape index (κ2) is 6.32. The fourth-order valence-electron chi connectivity index (χ4n) is 2.58. The predicted molar refractivity (Wildman–Crippen MR) is 76.4 cm³/mol. The fourth-order valence-corrected chi connectivity index (χ4v) is 2.83. The number of benzene rings is 1. The summed E-state index contributed by atoms with van der Waals surface area (Å²) in [5.41, 5.74) is 0.904. The molecular formula is C14H16ClNO5. The number of aldehydes is 1. The van der Waals surface area contributed by atoms with Gasteiger partial charge in [-0.05, 0) is 12.5 Å². The molecule has 1 aliphatic heterocycles. The summed E-state index contributed by atoms with van der Waals surface area (Å²) in [7, 11) is 2.89. The monoisotopic (exact) mass is 313 g/mol. The Morgan fingerprint density at radius 2 is 2.10 bits per heavy atom. The van der Waals surface area contributed by atoms with Gasteiger partial charge in [0.2, 0.25) is 0 Å². The van der Waals surface area contributed by atoms with Gasteiger partial charge in [0.15, 0.2) is 17.8 Å². The van der Waals surface area contributed by atoms with Gasteiger partial charge < -0.3 is 19.9 Å². The van der Waals surface area contributed by atoms with Gasteiger partial charge in [0.1, 0.15) is 0 Å². The molecule has 114 valence electrons. The third-order valence-corrected chi connectivity index (χ3v) is 3.95. The first kappa shape index (κ1) is 15.6. The molecule has 1 heterocycles. The van der Waals surface area contributed by atoms with Crippen molar-refractivity contribution >= 4 is 23.9 Å². The van der Waals surface area contributed by atoms with E-state index < -0.39 is 11.9 Å². The lowest BCUT2D eigenvalue weighted by Crippen LogP contribution is -2.17. The average Bonchev–Trinajstić information content (AvgIpc) is 2.95. The third kappa shape index (κ3) is 2.82. The van der Waals surface area contributed by atoms with Crippen molar-refractivity contribution in [2.45, 2.75) is 12.5 Å². The smallest absolute Gasteiger partial charge is 0.307 e. The summed E-state index contributed by atoms with van der Waals surface area (Å²) in [6, 6.07) is 1.40. The van der Waals surface area contributed by atoms with E-state index in [0.717, 1.165) is 0 Å². The van der Waals surface area contributed by atoms with Crippen molar-refractivity contribution in [3.63, 3.8) is 0 Å². The maximum atomic E-state index is 11.1. The van der Waals surface area contributed by atoms with Crippen molar-refractivity contribution in [1.82, 2.24) is 5.32 Å². The number of hydrogen-bond donors (Lipinski definition) is 2. The summed E-state index contributed by atoms with van der Waals surface area (Å²) in [6.07, 6.45) is 1.03. The molecule has 2 atom stereocenters. The molecule has 0 spiro atoms. The molecule has 7 heteroatoms. The number of hydrogen-bond acceptors (Lipinski definition) is 5. The molecule has 2 N–H and O–H groups in total. The Hall–Kier alpha value is -1.79. The van der Waals surface area contributed by atoms with E-state index >= 15 is 0 Å². The van der Waals surface area contributed by atoms with Crippen LogP contribution in [-0.4, -0.2) is 38.1 Å². The van der Waals surface area contributed by atoms with Gasteiger partial charge in [-0.3, -0.25) is 9.59 Å².